The van der Waals surface area contributed by atoms with Gasteiger partial charge in [-0.2, -0.15) is 0 Å². The molecule has 0 aliphatic rings. The van der Waals surface area contributed by atoms with Gasteiger partial charge in [0, 0.05) is 6.54 Å². The number of rotatable bonds is 7. The highest BCUT2D eigenvalue weighted by Crippen LogP contribution is 2.33. The van der Waals surface area contributed by atoms with Crippen LogP contribution in [0.3, 0.4) is 0 Å². The molecule has 2 aromatic rings. The quantitative estimate of drug-likeness (QED) is 0.768. The molecule has 0 aliphatic carbocycles. The number of hydrogen-bond acceptors (Lipinski definition) is 5. The highest BCUT2D eigenvalue weighted by Gasteiger charge is 2.14. The third-order valence-corrected chi connectivity index (χ3v) is 4.32. The van der Waals surface area contributed by atoms with Crippen molar-refractivity contribution in [2.45, 2.75) is 26.2 Å². The number of nitrogens with one attached hydrogen (secondary N) is 1. The van der Waals surface area contributed by atoms with Gasteiger partial charge in [-0.3, -0.25) is 4.79 Å². The second-order valence-electron chi connectivity index (χ2n) is 4.91. The molecule has 0 saturated carbocycles. The zero-order valence-corrected chi connectivity index (χ0v) is 13.7. The molecule has 0 unspecified atom stereocenters. The van der Waals surface area contributed by atoms with Gasteiger partial charge in [0.05, 0.1) is 16.9 Å². The van der Waals surface area contributed by atoms with Crippen LogP contribution in [0.1, 0.15) is 35.9 Å². The van der Waals surface area contributed by atoms with E-state index in [1.54, 1.807) is 25.3 Å². The van der Waals surface area contributed by atoms with Crippen LogP contribution in [0.15, 0.2) is 24.3 Å². The molecule has 2 aromatic heterocycles. The molecule has 6 heteroatoms. The van der Waals surface area contributed by atoms with Crippen LogP contribution < -0.4 is 15.8 Å². The van der Waals surface area contributed by atoms with Gasteiger partial charge < -0.3 is 15.8 Å². The number of nitrogens with two attached hydrogens (primary N) is 1. The standard InChI is InChI=1S/C16H21N3O2S/c1-3-4-5-10-18-16(20)13-8-7-12(22-13)15-11(21-2)6-9-14(17)19-15/h6-9H,3-5,10H2,1-2H3,(H2,17,19)(H,18,20). The normalized spacial score (nSPS) is 10.5. The lowest BCUT2D eigenvalue weighted by Crippen LogP contribution is -2.23. The number of carbonyl (C=O) groups excluding carboxylic acids is 1. The van der Waals surface area contributed by atoms with E-state index in [1.807, 2.05) is 6.07 Å². The van der Waals surface area contributed by atoms with E-state index in [-0.39, 0.29) is 5.91 Å². The number of ether oxygens (including phenoxy) is 1. The third-order valence-electron chi connectivity index (χ3n) is 3.23. The number of anilines is 1. The van der Waals surface area contributed by atoms with E-state index in [1.165, 1.54) is 11.3 Å². The minimum absolute atomic E-state index is 0.0461. The fourth-order valence-electron chi connectivity index (χ4n) is 2.05. The number of nitrogen functional groups attached to an aromatic ring is 1. The molecule has 0 atom stereocenters. The van der Waals surface area contributed by atoms with Crippen molar-refractivity contribution < 1.29 is 9.53 Å². The van der Waals surface area contributed by atoms with Gasteiger partial charge in [-0.25, -0.2) is 4.98 Å². The summed E-state index contributed by atoms with van der Waals surface area (Å²) < 4.78 is 5.30. The van der Waals surface area contributed by atoms with Crippen LogP contribution in [0, 0.1) is 0 Å². The van der Waals surface area contributed by atoms with Crippen LogP contribution in [-0.2, 0) is 0 Å². The number of unbranched alkanes of at least 4 members (excludes halogenated alkanes) is 2. The highest BCUT2D eigenvalue weighted by atomic mass is 32.1. The Balaban J connectivity index is 2.11. The Kier molecular flexibility index (Phi) is 5.77. The molecule has 1 amide bonds. The van der Waals surface area contributed by atoms with E-state index in [9.17, 15) is 4.79 Å². The first-order valence-corrected chi connectivity index (χ1v) is 8.16. The summed E-state index contributed by atoms with van der Waals surface area (Å²) in [6.45, 7) is 2.85. The molecular formula is C16H21N3O2S. The van der Waals surface area contributed by atoms with Gasteiger partial charge >= 0.3 is 0 Å². The van der Waals surface area contributed by atoms with Crippen molar-refractivity contribution in [1.82, 2.24) is 10.3 Å². The van der Waals surface area contributed by atoms with Crippen molar-refractivity contribution in [3.05, 3.63) is 29.1 Å². The van der Waals surface area contributed by atoms with Crippen LogP contribution in [0.2, 0.25) is 0 Å². The smallest absolute Gasteiger partial charge is 0.261 e. The summed E-state index contributed by atoms with van der Waals surface area (Å²) in [7, 11) is 1.59. The minimum Gasteiger partial charge on any atom is -0.494 e. The molecule has 118 valence electrons. The average Bonchev–Trinajstić information content (AvgIpc) is 3.01. The summed E-state index contributed by atoms with van der Waals surface area (Å²) in [5.41, 5.74) is 6.40. The van der Waals surface area contributed by atoms with Crippen LogP contribution in [0.25, 0.3) is 10.6 Å². The van der Waals surface area contributed by atoms with Gasteiger partial charge in [0.2, 0.25) is 0 Å². The number of carbonyl (C=O) groups is 1. The maximum absolute atomic E-state index is 12.1. The number of methoxy groups -OCH3 is 1. The maximum Gasteiger partial charge on any atom is 0.261 e. The molecule has 2 rings (SSSR count). The van der Waals surface area contributed by atoms with Crippen molar-refractivity contribution in [2.24, 2.45) is 0 Å². The summed E-state index contributed by atoms with van der Waals surface area (Å²) in [5, 5.41) is 2.93. The van der Waals surface area contributed by atoms with Gasteiger partial charge in [0.25, 0.3) is 5.91 Å². The topological polar surface area (TPSA) is 77.2 Å². The van der Waals surface area contributed by atoms with Gasteiger partial charge in [-0.1, -0.05) is 19.8 Å². The Morgan fingerprint density at radius 3 is 2.86 bits per heavy atom. The molecule has 0 bridgehead atoms. The molecule has 2 heterocycles. The Hall–Kier alpha value is -2.08. The fourth-order valence-corrected chi connectivity index (χ4v) is 2.97. The number of aromatic nitrogens is 1. The molecule has 0 aliphatic heterocycles. The lowest BCUT2D eigenvalue weighted by molar-refractivity contribution is 0.0957. The summed E-state index contributed by atoms with van der Waals surface area (Å²) in [4.78, 5) is 17.9. The number of hydrogen-bond donors (Lipinski definition) is 2. The van der Waals surface area contributed by atoms with E-state index in [2.05, 4.69) is 17.2 Å². The largest absolute Gasteiger partial charge is 0.494 e. The number of thiophene rings is 1. The van der Waals surface area contributed by atoms with E-state index >= 15 is 0 Å². The van der Waals surface area contributed by atoms with Gasteiger partial charge in [0.1, 0.15) is 17.3 Å². The molecule has 0 aromatic carbocycles. The summed E-state index contributed by atoms with van der Waals surface area (Å²) in [6, 6.07) is 7.15. The van der Waals surface area contributed by atoms with Crippen LogP contribution in [-0.4, -0.2) is 24.5 Å². The van der Waals surface area contributed by atoms with Gasteiger partial charge in [-0.15, -0.1) is 11.3 Å². The third kappa shape index (κ3) is 3.98. The molecule has 22 heavy (non-hydrogen) atoms. The lowest BCUT2D eigenvalue weighted by Gasteiger charge is -2.06. The Morgan fingerprint density at radius 2 is 2.14 bits per heavy atom. The lowest BCUT2D eigenvalue weighted by atomic mass is 10.2. The van der Waals surface area contributed by atoms with E-state index in [4.69, 9.17) is 10.5 Å². The van der Waals surface area contributed by atoms with Crippen molar-refractivity contribution >= 4 is 23.1 Å². The highest BCUT2D eigenvalue weighted by molar-refractivity contribution is 7.17. The van der Waals surface area contributed by atoms with Gasteiger partial charge in [-0.05, 0) is 30.7 Å². The van der Waals surface area contributed by atoms with E-state index < -0.39 is 0 Å². The van der Waals surface area contributed by atoms with Crippen molar-refractivity contribution in [1.29, 1.82) is 0 Å². The van der Waals surface area contributed by atoms with Crippen LogP contribution in [0.4, 0.5) is 5.82 Å². The van der Waals surface area contributed by atoms with Crippen molar-refractivity contribution in [3.63, 3.8) is 0 Å². The fraction of sp³-hybridized carbons (Fsp3) is 0.375. The molecule has 0 fully saturated rings. The number of pyridine rings is 1. The predicted octanol–water partition coefficient (Wildman–Crippen LogP) is 3.32. The van der Waals surface area contributed by atoms with E-state index in [0.717, 1.165) is 24.1 Å². The molecule has 0 radical (unpaired) electrons. The zero-order chi connectivity index (χ0) is 15.9. The second-order valence-corrected chi connectivity index (χ2v) is 6.00. The van der Waals surface area contributed by atoms with Gasteiger partial charge in [0.15, 0.2) is 0 Å². The second kappa shape index (κ2) is 7.79. The minimum atomic E-state index is -0.0461. The Labute approximate surface area is 134 Å². The number of amides is 1. The summed E-state index contributed by atoms with van der Waals surface area (Å²) >= 11 is 1.39. The molecule has 0 saturated heterocycles. The maximum atomic E-state index is 12.1. The van der Waals surface area contributed by atoms with Crippen LogP contribution >= 0.6 is 11.3 Å². The Morgan fingerprint density at radius 1 is 1.32 bits per heavy atom. The predicted molar refractivity (Wildman–Crippen MR) is 90.4 cm³/mol. The van der Waals surface area contributed by atoms with Crippen molar-refractivity contribution in [3.8, 4) is 16.3 Å². The first kappa shape index (κ1) is 16.3. The number of nitrogens with zero attached hydrogens (tertiary/aromatic N) is 1. The monoisotopic (exact) mass is 319 g/mol. The zero-order valence-electron chi connectivity index (χ0n) is 12.9. The summed E-state index contributed by atoms with van der Waals surface area (Å²) in [5.74, 6) is 1.02. The average molecular weight is 319 g/mol. The molecular weight excluding hydrogens is 298 g/mol. The molecule has 0 spiro atoms. The summed E-state index contributed by atoms with van der Waals surface area (Å²) in [6.07, 6.45) is 3.27. The van der Waals surface area contributed by atoms with E-state index in [0.29, 0.717) is 28.7 Å². The Bertz CT molecular complexity index is 640. The van der Waals surface area contributed by atoms with Crippen molar-refractivity contribution in [2.75, 3.05) is 19.4 Å². The SMILES string of the molecule is CCCCCNC(=O)c1ccc(-c2nc(N)ccc2OC)s1. The molecule has 3 N–H and O–H groups in total. The first-order valence-electron chi connectivity index (χ1n) is 7.34. The molecule has 5 nitrogen and oxygen atoms in total. The van der Waals surface area contributed by atoms with Crippen LogP contribution in [0.5, 0.6) is 5.75 Å². The first-order chi connectivity index (χ1) is 10.7.